The van der Waals surface area contributed by atoms with Crippen LogP contribution in [0.2, 0.25) is 0 Å². The Hall–Kier alpha value is -3.40. The van der Waals surface area contributed by atoms with E-state index < -0.39 is 10.8 Å². The van der Waals surface area contributed by atoms with Gasteiger partial charge >= 0.3 is 0 Å². The normalized spacial score (nSPS) is 10.7. The summed E-state index contributed by atoms with van der Waals surface area (Å²) in [7, 11) is 1.41. The van der Waals surface area contributed by atoms with E-state index in [0.717, 1.165) is 11.8 Å². The molecule has 29 heavy (non-hydrogen) atoms. The molecule has 0 spiro atoms. The number of aromatic nitrogens is 2. The van der Waals surface area contributed by atoms with Crippen LogP contribution in [0.1, 0.15) is 6.92 Å². The number of nitro benzene ring substituents is 1. The lowest BCUT2D eigenvalue weighted by Crippen LogP contribution is -2.23. The van der Waals surface area contributed by atoms with Gasteiger partial charge in [0.1, 0.15) is 5.75 Å². The minimum Gasteiger partial charge on any atom is -0.495 e. The average molecular weight is 414 g/mol. The maximum Gasteiger partial charge on any atom is 0.271 e. The number of carbonyl (C=O) groups excluding carboxylic acids is 1. The molecule has 0 aliphatic rings. The number of methoxy groups -OCH3 is 1. The molecule has 3 aromatic rings. The van der Waals surface area contributed by atoms with E-state index in [2.05, 4.69) is 10.3 Å². The van der Waals surface area contributed by atoms with Crippen LogP contribution in [0.25, 0.3) is 10.9 Å². The van der Waals surface area contributed by atoms with Crippen LogP contribution >= 0.6 is 11.8 Å². The molecule has 0 radical (unpaired) electrons. The summed E-state index contributed by atoms with van der Waals surface area (Å²) in [4.78, 5) is 39.9. The molecule has 10 heteroatoms. The molecule has 1 amide bonds. The number of hydrogen-bond acceptors (Lipinski definition) is 7. The van der Waals surface area contributed by atoms with Crippen LogP contribution in [0.3, 0.4) is 0 Å². The molecule has 1 N–H and O–H groups in total. The van der Waals surface area contributed by atoms with Crippen molar-refractivity contribution in [3.05, 3.63) is 62.9 Å². The quantitative estimate of drug-likeness (QED) is 0.273. The van der Waals surface area contributed by atoms with Gasteiger partial charge in [0.2, 0.25) is 5.91 Å². The Morgan fingerprint density at radius 2 is 2.07 bits per heavy atom. The molecule has 0 bridgehead atoms. The summed E-state index contributed by atoms with van der Waals surface area (Å²) in [6.45, 7) is 2.25. The van der Waals surface area contributed by atoms with E-state index in [-0.39, 0.29) is 22.7 Å². The zero-order valence-electron chi connectivity index (χ0n) is 15.7. The van der Waals surface area contributed by atoms with Crippen LogP contribution in [0.4, 0.5) is 11.4 Å². The Labute approximate surface area is 169 Å². The highest BCUT2D eigenvalue weighted by Gasteiger charge is 2.16. The van der Waals surface area contributed by atoms with Gasteiger partial charge in [0, 0.05) is 18.7 Å². The van der Waals surface area contributed by atoms with Gasteiger partial charge in [-0.2, -0.15) is 0 Å². The van der Waals surface area contributed by atoms with Gasteiger partial charge in [0.05, 0.1) is 34.4 Å². The molecule has 1 heterocycles. The second-order valence-corrected chi connectivity index (χ2v) is 6.88. The van der Waals surface area contributed by atoms with E-state index in [9.17, 15) is 19.7 Å². The number of hydrogen-bond donors (Lipinski definition) is 1. The van der Waals surface area contributed by atoms with Crippen molar-refractivity contribution in [1.29, 1.82) is 0 Å². The number of ether oxygens (including phenoxy) is 1. The summed E-state index contributed by atoms with van der Waals surface area (Å²) in [6, 6.07) is 11.0. The number of nitrogens with zero attached hydrogens (tertiary/aromatic N) is 3. The molecule has 0 saturated heterocycles. The fraction of sp³-hybridized carbons (Fsp3) is 0.211. The second kappa shape index (κ2) is 8.74. The summed E-state index contributed by atoms with van der Waals surface area (Å²) < 4.78 is 6.65. The van der Waals surface area contributed by atoms with Gasteiger partial charge < -0.3 is 10.1 Å². The number of rotatable bonds is 7. The van der Waals surface area contributed by atoms with Crippen molar-refractivity contribution < 1.29 is 14.5 Å². The van der Waals surface area contributed by atoms with E-state index >= 15 is 0 Å². The largest absolute Gasteiger partial charge is 0.495 e. The summed E-state index contributed by atoms with van der Waals surface area (Å²) in [5, 5.41) is 14.5. The first-order valence-corrected chi connectivity index (χ1v) is 9.67. The first-order valence-electron chi connectivity index (χ1n) is 8.69. The fourth-order valence-electron chi connectivity index (χ4n) is 2.76. The summed E-state index contributed by atoms with van der Waals surface area (Å²) in [5.74, 6) is -0.126. The first-order chi connectivity index (χ1) is 13.9. The highest BCUT2D eigenvalue weighted by atomic mass is 32.2. The van der Waals surface area contributed by atoms with Crippen molar-refractivity contribution in [1.82, 2.24) is 9.55 Å². The highest BCUT2D eigenvalue weighted by molar-refractivity contribution is 7.99. The smallest absolute Gasteiger partial charge is 0.271 e. The predicted octanol–water partition coefficient (Wildman–Crippen LogP) is 3.06. The lowest BCUT2D eigenvalue weighted by atomic mass is 10.2. The Balaban J connectivity index is 1.80. The molecule has 0 unspecified atom stereocenters. The number of anilines is 1. The number of carbonyl (C=O) groups is 1. The van der Waals surface area contributed by atoms with Gasteiger partial charge in [-0.25, -0.2) is 4.98 Å². The lowest BCUT2D eigenvalue weighted by molar-refractivity contribution is -0.384. The number of nitrogens with one attached hydrogen (secondary N) is 1. The van der Waals surface area contributed by atoms with Gasteiger partial charge in [-0.15, -0.1) is 0 Å². The van der Waals surface area contributed by atoms with Crippen molar-refractivity contribution >= 4 is 39.9 Å². The molecule has 0 fully saturated rings. The Bertz CT molecular complexity index is 1150. The number of benzene rings is 2. The van der Waals surface area contributed by atoms with Crippen molar-refractivity contribution in [2.75, 3.05) is 18.2 Å². The number of nitro groups is 1. The molecule has 2 aromatic carbocycles. The van der Waals surface area contributed by atoms with Crippen LogP contribution in [-0.4, -0.2) is 33.2 Å². The van der Waals surface area contributed by atoms with Crippen molar-refractivity contribution in [2.24, 2.45) is 0 Å². The molecule has 0 saturated carbocycles. The van der Waals surface area contributed by atoms with Crippen LogP contribution < -0.4 is 15.6 Å². The van der Waals surface area contributed by atoms with Gasteiger partial charge in [-0.3, -0.25) is 24.3 Å². The van der Waals surface area contributed by atoms with Crippen molar-refractivity contribution in [3.63, 3.8) is 0 Å². The number of thioether (sulfide) groups is 1. The Morgan fingerprint density at radius 1 is 1.31 bits per heavy atom. The molecular weight excluding hydrogens is 396 g/mol. The maximum absolute atomic E-state index is 12.6. The van der Waals surface area contributed by atoms with Crippen LogP contribution in [0.15, 0.2) is 52.4 Å². The number of non-ortho nitro benzene ring substituents is 1. The van der Waals surface area contributed by atoms with Gasteiger partial charge in [0.25, 0.3) is 11.2 Å². The summed E-state index contributed by atoms with van der Waals surface area (Å²) >= 11 is 1.12. The zero-order valence-corrected chi connectivity index (χ0v) is 16.6. The van der Waals surface area contributed by atoms with Crippen LogP contribution in [0.5, 0.6) is 5.75 Å². The second-order valence-electron chi connectivity index (χ2n) is 5.94. The number of fused-ring (bicyclic) bond motifs is 1. The predicted molar refractivity (Wildman–Crippen MR) is 111 cm³/mol. The van der Waals surface area contributed by atoms with Gasteiger partial charge in [-0.1, -0.05) is 23.9 Å². The van der Waals surface area contributed by atoms with E-state index in [4.69, 9.17) is 4.74 Å². The lowest BCUT2D eigenvalue weighted by Gasteiger charge is -2.12. The van der Waals surface area contributed by atoms with E-state index in [0.29, 0.717) is 28.4 Å². The number of para-hydroxylation sites is 1. The molecule has 0 aliphatic heterocycles. The van der Waals surface area contributed by atoms with Crippen LogP contribution in [0, 0.1) is 10.1 Å². The van der Waals surface area contributed by atoms with Crippen molar-refractivity contribution in [3.8, 4) is 5.75 Å². The topological polar surface area (TPSA) is 116 Å². The minimum atomic E-state index is -0.553. The zero-order chi connectivity index (χ0) is 21.0. The molecule has 1 aromatic heterocycles. The fourth-order valence-corrected chi connectivity index (χ4v) is 3.62. The minimum absolute atomic E-state index is 0.0311. The molecule has 150 valence electrons. The van der Waals surface area contributed by atoms with Crippen molar-refractivity contribution in [2.45, 2.75) is 18.6 Å². The average Bonchev–Trinajstić information content (AvgIpc) is 2.72. The standard InChI is InChI=1S/C19H18N4O5S/c1-3-22-18(25)13-6-4-5-7-14(13)21-19(22)29-11-17(24)20-15-10-12(23(26)27)8-9-16(15)28-2/h4-10H,3,11H2,1-2H3,(H,20,24). The van der Waals surface area contributed by atoms with E-state index in [1.54, 1.807) is 24.3 Å². The Morgan fingerprint density at radius 3 is 2.76 bits per heavy atom. The first kappa shape index (κ1) is 20.3. The monoisotopic (exact) mass is 414 g/mol. The van der Waals surface area contributed by atoms with Gasteiger partial charge in [-0.05, 0) is 25.1 Å². The van der Waals surface area contributed by atoms with E-state index in [1.807, 2.05) is 6.92 Å². The number of amides is 1. The molecule has 0 aliphatic carbocycles. The van der Waals surface area contributed by atoms with Crippen LogP contribution in [-0.2, 0) is 11.3 Å². The molecule has 3 rings (SSSR count). The Kier molecular flexibility index (Phi) is 6.13. The van der Waals surface area contributed by atoms with E-state index in [1.165, 1.54) is 29.9 Å². The summed E-state index contributed by atoms with van der Waals surface area (Å²) in [6.07, 6.45) is 0. The highest BCUT2D eigenvalue weighted by Crippen LogP contribution is 2.29. The summed E-state index contributed by atoms with van der Waals surface area (Å²) in [5.41, 5.74) is 0.434. The third-order valence-electron chi connectivity index (χ3n) is 4.14. The third kappa shape index (κ3) is 4.37. The SMILES string of the molecule is CCn1c(SCC(=O)Nc2cc([N+](=O)[O-])ccc2OC)nc2ccccc2c1=O. The molecule has 9 nitrogen and oxygen atoms in total. The van der Waals surface area contributed by atoms with Gasteiger partial charge in [0.15, 0.2) is 5.16 Å². The molecular formula is C19H18N4O5S. The third-order valence-corrected chi connectivity index (χ3v) is 5.12. The molecule has 0 atom stereocenters. The maximum atomic E-state index is 12.6.